The molecule has 1 aliphatic rings. The standard InChI is InChI=1S/C14H23N3O2S/c1-3-5-11-15-13(20-17-11)16-14(12(18)19)8-6-10(4-2)7-9-14/h10H,3-9H2,1-2H3,(H,18,19)(H,15,16,17). The molecule has 1 aromatic heterocycles. The number of nitrogens with zero attached hydrogens (tertiary/aromatic N) is 2. The molecule has 1 aromatic rings. The molecule has 0 spiro atoms. The van der Waals surface area contributed by atoms with Gasteiger partial charge in [-0.05, 0) is 38.0 Å². The molecule has 20 heavy (non-hydrogen) atoms. The van der Waals surface area contributed by atoms with Crippen LogP contribution in [0.2, 0.25) is 0 Å². The molecular formula is C14H23N3O2S. The molecule has 6 heteroatoms. The third kappa shape index (κ3) is 3.29. The molecule has 5 nitrogen and oxygen atoms in total. The van der Waals surface area contributed by atoms with Gasteiger partial charge < -0.3 is 10.4 Å². The fourth-order valence-electron chi connectivity index (χ4n) is 2.81. The van der Waals surface area contributed by atoms with E-state index in [-0.39, 0.29) is 0 Å². The first-order chi connectivity index (χ1) is 9.59. The van der Waals surface area contributed by atoms with Crippen LogP contribution in [0.25, 0.3) is 0 Å². The van der Waals surface area contributed by atoms with E-state index in [9.17, 15) is 9.90 Å². The van der Waals surface area contributed by atoms with Crippen LogP contribution >= 0.6 is 11.5 Å². The monoisotopic (exact) mass is 297 g/mol. The Bertz CT molecular complexity index is 453. The van der Waals surface area contributed by atoms with Gasteiger partial charge in [0.05, 0.1) is 0 Å². The average molecular weight is 297 g/mol. The first kappa shape index (κ1) is 15.2. The van der Waals surface area contributed by atoms with Crippen molar-refractivity contribution < 1.29 is 9.90 Å². The van der Waals surface area contributed by atoms with Gasteiger partial charge in [0, 0.05) is 18.0 Å². The number of anilines is 1. The first-order valence-corrected chi connectivity index (χ1v) is 8.21. The van der Waals surface area contributed by atoms with Crippen molar-refractivity contribution in [2.75, 3.05) is 5.32 Å². The third-order valence-corrected chi connectivity index (χ3v) is 4.90. The first-order valence-electron chi connectivity index (χ1n) is 7.43. The molecule has 0 aromatic carbocycles. The van der Waals surface area contributed by atoms with Crippen molar-refractivity contribution in [1.82, 2.24) is 9.36 Å². The van der Waals surface area contributed by atoms with Gasteiger partial charge in [-0.2, -0.15) is 4.37 Å². The smallest absolute Gasteiger partial charge is 0.329 e. The van der Waals surface area contributed by atoms with Gasteiger partial charge in [0.1, 0.15) is 11.4 Å². The molecule has 1 heterocycles. The van der Waals surface area contributed by atoms with Gasteiger partial charge in [0.2, 0.25) is 5.13 Å². The van der Waals surface area contributed by atoms with Crippen LogP contribution in [-0.2, 0) is 11.2 Å². The van der Waals surface area contributed by atoms with Crippen LogP contribution in [-0.4, -0.2) is 26.0 Å². The minimum Gasteiger partial charge on any atom is -0.480 e. The lowest BCUT2D eigenvalue weighted by Gasteiger charge is -2.37. The topological polar surface area (TPSA) is 75.1 Å². The second-order valence-electron chi connectivity index (χ2n) is 5.63. The minimum atomic E-state index is -0.852. The van der Waals surface area contributed by atoms with Crippen molar-refractivity contribution in [1.29, 1.82) is 0 Å². The summed E-state index contributed by atoms with van der Waals surface area (Å²) in [5.74, 6) is 0.705. The van der Waals surface area contributed by atoms with E-state index in [0.717, 1.165) is 37.9 Å². The van der Waals surface area contributed by atoms with Crippen LogP contribution < -0.4 is 5.32 Å². The summed E-state index contributed by atoms with van der Waals surface area (Å²) >= 11 is 1.27. The summed E-state index contributed by atoms with van der Waals surface area (Å²) < 4.78 is 4.27. The van der Waals surface area contributed by atoms with E-state index in [4.69, 9.17) is 0 Å². The number of nitrogens with one attached hydrogen (secondary N) is 1. The van der Waals surface area contributed by atoms with Gasteiger partial charge in [0.25, 0.3) is 0 Å². The lowest BCUT2D eigenvalue weighted by molar-refractivity contribution is -0.143. The van der Waals surface area contributed by atoms with Gasteiger partial charge in [-0.15, -0.1) is 0 Å². The van der Waals surface area contributed by atoms with Crippen LogP contribution in [0.1, 0.15) is 58.2 Å². The molecule has 1 saturated carbocycles. The van der Waals surface area contributed by atoms with E-state index in [1.54, 1.807) is 0 Å². The average Bonchev–Trinajstić information content (AvgIpc) is 2.87. The molecule has 0 atom stereocenters. The quantitative estimate of drug-likeness (QED) is 0.842. The maximum absolute atomic E-state index is 11.7. The van der Waals surface area contributed by atoms with Gasteiger partial charge in [-0.25, -0.2) is 9.78 Å². The van der Waals surface area contributed by atoms with Crippen LogP contribution in [0, 0.1) is 5.92 Å². The zero-order chi connectivity index (χ0) is 14.6. The van der Waals surface area contributed by atoms with E-state index in [0.29, 0.717) is 23.9 Å². The molecule has 0 saturated heterocycles. The van der Waals surface area contributed by atoms with E-state index >= 15 is 0 Å². The summed E-state index contributed by atoms with van der Waals surface area (Å²) in [6, 6.07) is 0. The summed E-state index contributed by atoms with van der Waals surface area (Å²) in [5.41, 5.74) is -0.852. The molecule has 1 fully saturated rings. The van der Waals surface area contributed by atoms with E-state index in [1.165, 1.54) is 11.5 Å². The second-order valence-corrected chi connectivity index (χ2v) is 6.38. The van der Waals surface area contributed by atoms with Crippen molar-refractivity contribution in [3.05, 3.63) is 5.82 Å². The Labute approximate surface area is 124 Å². The molecule has 0 bridgehead atoms. The fraction of sp³-hybridized carbons (Fsp3) is 0.786. The van der Waals surface area contributed by atoms with E-state index < -0.39 is 11.5 Å². The lowest BCUT2D eigenvalue weighted by Crippen LogP contribution is -2.49. The van der Waals surface area contributed by atoms with Crippen LogP contribution in [0.3, 0.4) is 0 Å². The summed E-state index contributed by atoms with van der Waals surface area (Å²) in [4.78, 5) is 16.1. The Morgan fingerprint density at radius 3 is 2.70 bits per heavy atom. The number of rotatable bonds is 6. The maximum Gasteiger partial charge on any atom is 0.329 e. The molecule has 1 aliphatic carbocycles. The largest absolute Gasteiger partial charge is 0.480 e. The summed E-state index contributed by atoms with van der Waals surface area (Å²) in [6.07, 6.45) is 6.25. The molecule has 0 amide bonds. The minimum absolute atomic E-state index is 0.644. The Balaban J connectivity index is 2.07. The highest BCUT2D eigenvalue weighted by Crippen LogP contribution is 2.36. The van der Waals surface area contributed by atoms with Crippen molar-refractivity contribution in [3.63, 3.8) is 0 Å². The summed E-state index contributed by atoms with van der Waals surface area (Å²) in [5, 5.41) is 13.4. The number of aryl methyl sites for hydroxylation is 1. The molecule has 0 unspecified atom stereocenters. The van der Waals surface area contributed by atoms with E-state index in [1.807, 2.05) is 0 Å². The second kappa shape index (κ2) is 6.52. The van der Waals surface area contributed by atoms with Crippen molar-refractivity contribution in [2.45, 2.75) is 64.3 Å². The Morgan fingerprint density at radius 1 is 1.45 bits per heavy atom. The number of hydrogen-bond donors (Lipinski definition) is 2. The van der Waals surface area contributed by atoms with Crippen molar-refractivity contribution >= 4 is 22.6 Å². The molecule has 112 valence electrons. The molecular weight excluding hydrogens is 274 g/mol. The van der Waals surface area contributed by atoms with Crippen LogP contribution in [0.5, 0.6) is 0 Å². The highest BCUT2D eigenvalue weighted by Gasteiger charge is 2.42. The van der Waals surface area contributed by atoms with Gasteiger partial charge >= 0.3 is 5.97 Å². The van der Waals surface area contributed by atoms with Crippen molar-refractivity contribution in [3.8, 4) is 0 Å². The summed E-state index contributed by atoms with van der Waals surface area (Å²) in [7, 11) is 0. The Morgan fingerprint density at radius 2 is 2.15 bits per heavy atom. The predicted octanol–water partition coefficient (Wildman–Crippen LogP) is 3.33. The zero-order valence-corrected chi connectivity index (χ0v) is 13.0. The Kier molecular flexibility index (Phi) is 4.96. The lowest BCUT2D eigenvalue weighted by atomic mass is 9.75. The number of carbonyl (C=O) groups is 1. The fourth-order valence-corrected chi connectivity index (χ4v) is 3.52. The third-order valence-electron chi connectivity index (χ3n) is 4.23. The number of carboxylic acid groups (broad SMARTS) is 1. The maximum atomic E-state index is 11.7. The molecule has 0 aliphatic heterocycles. The number of aliphatic carboxylic acids is 1. The molecule has 0 radical (unpaired) electrons. The number of carboxylic acids is 1. The van der Waals surface area contributed by atoms with Crippen LogP contribution in [0.4, 0.5) is 5.13 Å². The molecule has 2 rings (SSSR count). The van der Waals surface area contributed by atoms with E-state index in [2.05, 4.69) is 28.5 Å². The highest BCUT2D eigenvalue weighted by atomic mass is 32.1. The number of hydrogen-bond acceptors (Lipinski definition) is 5. The van der Waals surface area contributed by atoms with Crippen LogP contribution in [0.15, 0.2) is 0 Å². The normalized spacial score (nSPS) is 26.4. The zero-order valence-electron chi connectivity index (χ0n) is 12.2. The molecule has 2 N–H and O–H groups in total. The van der Waals surface area contributed by atoms with Gasteiger partial charge in [-0.3, -0.25) is 0 Å². The Hall–Kier alpha value is -1.17. The number of aromatic nitrogens is 2. The predicted molar refractivity (Wildman–Crippen MR) is 80.1 cm³/mol. The highest BCUT2D eigenvalue weighted by molar-refractivity contribution is 7.09. The summed E-state index contributed by atoms with van der Waals surface area (Å²) in [6.45, 7) is 4.26. The van der Waals surface area contributed by atoms with Gasteiger partial charge in [0.15, 0.2) is 0 Å². The van der Waals surface area contributed by atoms with Gasteiger partial charge in [-0.1, -0.05) is 20.3 Å². The van der Waals surface area contributed by atoms with Crippen molar-refractivity contribution in [2.24, 2.45) is 5.92 Å². The SMILES string of the molecule is CCCc1nsc(NC2(C(=O)O)CCC(CC)CC2)n1.